The Balaban J connectivity index is 1.67. The number of nitrogen functional groups attached to an aromatic ring is 1. The van der Waals surface area contributed by atoms with Gasteiger partial charge in [-0.2, -0.15) is 4.99 Å². The van der Waals surface area contributed by atoms with Gasteiger partial charge in [0.1, 0.15) is 6.61 Å². The van der Waals surface area contributed by atoms with Crippen LogP contribution < -0.4 is 11.1 Å². The summed E-state index contributed by atoms with van der Waals surface area (Å²) in [5.74, 6) is 0. The van der Waals surface area contributed by atoms with Gasteiger partial charge in [-0.1, -0.05) is 32.1 Å². The van der Waals surface area contributed by atoms with E-state index in [2.05, 4.69) is 10.3 Å². The molecule has 0 bridgehead atoms. The van der Waals surface area contributed by atoms with E-state index in [0.717, 1.165) is 16.9 Å². The van der Waals surface area contributed by atoms with Crippen LogP contribution in [-0.4, -0.2) is 12.1 Å². The molecule has 0 aromatic heterocycles. The maximum atomic E-state index is 5.78. The lowest BCUT2D eigenvalue weighted by Gasteiger charge is -2.25. The first-order valence-corrected chi connectivity index (χ1v) is 7.68. The van der Waals surface area contributed by atoms with Crippen molar-refractivity contribution in [1.82, 2.24) is 5.32 Å². The smallest absolute Gasteiger partial charge is 0.290 e. The number of anilines is 1. The molecule has 1 saturated carbocycles. The van der Waals surface area contributed by atoms with Crippen LogP contribution in [0.15, 0.2) is 23.2 Å². The molecule has 2 aliphatic rings. The number of hydrogen-bond acceptors (Lipinski definition) is 4. The summed E-state index contributed by atoms with van der Waals surface area (Å²) in [6.45, 7) is 0.554. The normalized spacial score (nSPS) is 20.1. The van der Waals surface area contributed by atoms with Crippen molar-refractivity contribution in [3.05, 3.63) is 23.8 Å². The number of rotatable bonds is 1. The maximum absolute atomic E-state index is 5.78. The van der Waals surface area contributed by atoms with Crippen molar-refractivity contribution < 1.29 is 4.74 Å². The Labute approximate surface area is 120 Å². The van der Waals surface area contributed by atoms with Gasteiger partial charge in [0.05, 0.1) is 5.69 Å². The summed E-state index contributed by atoms with van der Waals surface area (Å²) in [7, 11) is 0. The lowest BCUT2D eigenvalue weighted by molar-refractivity contribution is 0.261. The Hall–Kier alpha value is -1.71. The number of amidine groups is 1. The molecule has 4 heteroatoms. The van der Waals surface area contributed by atoms with Crippen molar-refractivity contribution >= 4 is 17.4 Å². The average Bonchev–Trinajstić information content (AvgIpc) is 2.42. The first-order chi connectivity index (χ1) is 9.81. The minimum Gasteiger partial charge on any atom is -0.460 e. The second-order valence-electron chi connectivity index (χ2n) is 5.78. The van der Waals surface area contributed by atoms with Crippen molar-refractivity contribution in [2.45, 2.75) is 57.6 Å². The number of hydrogen-bond donors (Lipinski definition) is 2. The molecule has 1 aliphatic heterocycles. The summed E-state index contributed by atoms with van der Waals surface area (Å²) in [5, 5.41) is 3.48. The van der Waals surface area contributed by atoms with Gasteiger partial charge in [-0.15, -0.1) is 0 Å². The first-order valence-electron chi connectivity index (χ1n) is 7.68. The van der Waals surface area contributed by atoms with Crippen molar-refractivity contribution in [3.8, 4) is 0 Å². The van der Waals surface area contributed by atoms with E-state index in [-0.39, 0.29) is 0 Å². The molecular weight excluding hydrogens is 250 g/mol. The minimum absolute atomic E-state index is 0.504. The Morgan fingerprint density at radius 2 is 1.85 bits per heavy atom. The van der Waals surface area contributed by atoms with Gasteiger partial charge in [0.2, 0.25) is 0 Å². The van der Waals surface area contributed by atoms with E-state index < -0.39 is 0 Å². The minimum atomic E-state index is 0.504. The Morgan fingerprint density at radius 3 is 2.65 bits per heavy atom. The van der Waals surface area contributed by atoms with Crippen molar-refractivity contribution in [2.24, 2.45) is 4.99 Å². The molecule has 3 N–H and O–H groups in total. The van der Waals surface area contributed by atoms with Crippen LogP contribution in [0, 0.1) is 0 Å². The van der Waals surface area contributed by atoms with E-state index in [4.69, 9.17) is 10.5 Å². The summed E-state index contributed by atoms with van der Waals surface area (Å²) in [5.41, 5.74) is 8.58. The predicted molar refractivity (Wildman–Crippen MR) is 82.0 cm³/mol. The van der Waals surface area contributed by atoms with Gasteiger partial charge in [-0.25, -0.2) is 0 Å². The van der Waals surface area contributed by atoms with Crippen molar-refractivity contribution in [1.29, 1.82) is 0 Å². The number of aliphatic imine (C=N–C) groups is 1. The molecule has 0 saturated heterocycles. The van der Waals surface area contributed by atoms with Crippen LogP contribution in [0.2, 0.25) is 0 Å². The molecule has 0 radical (unpaired) electrons. The third-order valence-corrected chi connectivity index (χ3v) is 4.12. The number of benzene rings is 1. The molecule has 3 rings (SSSR count). The second kappa shape index (κ2) is 6.16. The van der Waals surface area contributed by atoms with Crippen LogP contribution in [0.25, 0.3) is 0 Å². The lowest BCUT2D eigenvalue weighted by atomic mass is 9.97. The molecule has 1 aromatic rings. The second-order valence-corrected chi connectivity index (χ2v) is 5.78. The maximum Gasteiger partial charge on any atom is 0.290 e. The van der Waals surface area contributed by atoms with Gasteiger partial charge in [-0.05, 0) is 31.0 Å². The molecule has 0 unspecified atom stereocenters. The highest BCUT2D eigenvalue weighted by Crippen LogP contribution is 2.26. The fraction of sp³-hybridized carbons (Fsp3) is 0.562. The Bertz CT molecular complexity index is 490. The number of nitrogens with two attached hydrogens (primary N) is 1. The van der Waals surface area contributed by atoms with Gasteiger partial charge >= 0.3 is 0 Å². The van der Waals surface area contributed by atoms with Crippen LogP contribution in [0.3, 0.4) is 0 Å². The number of nitrogens with one attached hydrogen (secondary N) is 1. The molecule has 1 aromatic carbocycles. The quantitative estimate of drug-likeness (QED) is 0.770. The standard InChI is InChI=1S/C16H23N3O/c17-13-8-9-15-12(10-13)11-20-16(19-15)18-14-6-4-2-1-3-5-7-14/h8-10,14H,1-7,11,17H2,(H,18,19). The molecule has 1 fully saturated rings. The monoisotopic (exact) mass is 273 g/mol. The van der Waals surface area contributed by atoms with E-state index in [1.54, 1.807) is 0 Å². The van der Waals surface area contributed by atoms with Crippen molar-refractivity contribution in [2.75, 3.05) is 5.73 Å². The van der Waals surface area contributed by atoms with Gasteiger partial charge in [0.15, 0.2) is 0 Å². The molecule has 1 heterocycles. The Morgan fingerprint density at radius 1 is 1.10 bits per heavy atom. The molecule has 108 valence electrons. The average molecular weight is 273 g/mol. The molecule has 1 aliphatic carbocycles. The number of nitrogens with zero attached hydrogens (tertiary/aromatic N) is 1. The van der Waals surface area contributed by atoms with Crippen LogP contribution in [0.4, 0.5) is 11.4 Å². The summed E-state index contributed by atoms with van der Waals surface area (Å²) < 4.78 is 5.72. The zero-order chi connectivity index (χ0) is 13.8. The highest BCUT2D eigenvalue weighted by molar-refractivity contribution is 5.80. The molecule has 4 nitrogen and oxygen atoms in total. The van der Waals surface area contributed by atoms with Crippen LogP contribution in [0.1, 0.15) is 50.5 Å². The Kier molecular flexibility index (Phi) is 4.09. The fourth-order valence-corrected chi connectivity index (χ4v) is 2.97. The van der Waals surface area contributed by atoms with E-state index in [1.165, 1.54) is 44.9 Å². The third kappa shape index (κ3) is 3.24. The SMILES string of the molecule is Nc1ccc2c(c1)COC(NC1CCCCCCC1)=N2. The molecule has 0 spiro atoms. The van der Waals surface area contributed by atoms with E-state index in [9.17, 15) is 0 Å². The van der Waals surface area contributed by atoms with Crippen molar-refractivity contribution in [3.63, 3.8) is 0 Å². The van der Waals surface area contributed by atoms with Crippen LogP contribution >= 0.6 is 0 Å². The summed E-state index contributed by atoms with van der Waals surface area (Å²) in [6.07, 6.45) is 9.14. The largest absolute Gasteiger partial charge is 0.460 e. The number of ether oxygens (including phenoxy) is 1. The topological polar surface area (TPSA) is 59.6 Å². The van der Waals surface area contributed by atoms with Crippen LogP contribution in [-0.2, 0) is 11.3 Å². The van der Waals surface area contributed by atoms with Crippen LogP contribution in [0.5, 0.6) is 0 Å². The van der Waals surface area contributed by atoms with Gasteiger partial charge in [0.25, 0.3) is 6.02 Å². The van der Waals surface area contributed by atoms with Gasteiger partial charge in [0, 0.05) is 17.3 Å². The molecule has 0 atom stereocenters. The summed E-state index contributed by atoms with van der Waals surface area (Å²) >= 11 is 0. The number of fused-ring (bicyclic) bond motifs is 1. The fourth-order valence-electron chi connectivity index (χ4n) is 2.97. The van der Waals surface area contributed by atoms with E-state index >= 15 is 0 Å². The van der Waals surface area contributed by atoms with E-state index in [1.807, 2.05) is 18.2 Å². The third-order valence-electron chi connectivity index (χ3n) is 4.12. The zero-order valence-electron chi connectivity index (χ0n) is 11.9. The molecule has 20 heavy (non-hydrogen) atoms. The van der Waals surface area contributed by atoms with E-state index in [0.29, 0.717) is 18.7 Å². The van der Waals surface area contributed by atoms with Gasteiger partial charge < -0.3 is 15.8 Å². The summed E-state index contributed by atoms with van der Waals surface area (Å²) in [6, 6.07) is 6.97. The lowest BCUT2D eigenvalue weighted by Crippen LogP contribution is -2.37. The first kappa shape index (κ1) is 13.3. The summed E-state index contributed by atoms with van der Waals surface area (Å²) in [4.78, 5) is 4.56. The molecular formula is C16H23N3O. The van der Waals surface area contributed by atoms with Gasteiger partial charge in [-0.3, -0.25) is 0 Å². The highest BCUT2D eigenvalue weighted by Gasteiger charge is 2.17. The predicted octanol–water partition coefficient (Wildman–Crippen LogP) is 3.49. The molecule has 0 amide bonds. The zero-order valence-corrected chi connectivity index (χ0v) is 11.9. The highest BCUT2D eigenvalue weighted by atomic mass is 16.5.